The molecule has 2 aromatic carbocycles. The second-order valence-electron chi connectivity index (χ2n) is 12.4. The summed E-state index contributed by atoms with van der Waals surface area (Å²) in [6.45, 7) is 5.55. The van der Waals surface area contributed by atoms with E-state index in [0.717, 1.165) is 58.0 Å². The summed E-state index contributed by atoms with van der Waals surface area (Å²) in [7, 11) is 0. The number of carbonyl (C=O) groups is 1. The Kier molecular flexibility index (Phi) is 10.8. The molecule has 2 aliphatic carbocycles. The van der Waals surface area contributed by atoms with Gasteiger partial charge in [0.25, 0.3) is 5.01 Å². The quantitative estimate of drug-likeness (QED) is 0.0592. The van der Waals surface area contributed by atoms with Crippen molar-refractivity contribution in [3.05, 3.63) is 106 Å². The lowest BCUT2D eigenvalue weighted by Crippen LogP contribution is -2.35. The van der Waals surface area contributed by atoms with E-state index >= 15 is 0 Å². The number of allylic oxidation sites excluding steroid dienone is 7. The van der Waals surface area contributed by atoms with Gasteiger partial charge in [0.1, 0.15) is 10.5 Å². The highest BCUT2D eigenvalue weighted by molar-refractivity contribution is 8.03. The van der Waals surface area contributed by atoms with Crippen LogP contribution in [0.25, 0.3) is 16.3 Å². The van der Waals surface area contributed by atoms with Crippen molar-refractivity contribution in [2.75, 3.05) is 11.4 Å². The molecule has 0 saturated carbocycles. The number of carboxylic acids is 1. The molecule has 1 atom stereocenters. The largest absolute Gasteiger partial charge is 0.481 e. The maximum Gasteiger partial charge on any atom is 0.303 e. The van der Waals surface area contributed by atoms with E-state index in [2.05, 4.69) is 93.8 Å². The lowest BCUT2D eigenvalue weighted by atomic mass is 9.77. The Morgan fingerprint density at radius 1 is 0.978 bits per heavy atom. The molecule has 1 aromatic heterocycles. The first-order valence-electron chi connectivity index (χ1n) is 16.5. The van der Waals surface area contributed by atoms with Gasteiger partial charge in [0, 0.05) is 42.8 Å². The molecule has 0 spiro atoms. The highest BCUT2D eigenvalue weighted by Crippen LogP contribution is 2.47. The van der Waals surface area contributed by atoms with Crippen LogP contribution < -0.4 is 9.47 Å². The zero-order chi connectivity index (χ0) is 31.9. The molecule has 240 valence electrons. The van der Waals surface area contributed by atoms with E-state index in [9.17, 15) is 4.79 Å². The summed E-state index contributed by atoms with van der Waals surface area (Å²) in [5.41, 5.74) is 6.76. The Bertz CT molecular complexity index is 1720. The van der Waals surface area contributed by atoms with Crippen LogP contribution in [-0.2, 0) is 16.2 Å². The maximum absolute atomic E-state index is 10.9. The summed E-state index contributed by atoms with van der Waals surface area (Å²) < 4.78 is 3.72. The minimum atomic E-state index is -0.712. The van der Waals surface area contributed by atoms with E-state index in [1.807, 2.05) is 23.1 Å². The highest BCUT2D eigenvalue weighted by atomic mass is 32.2. The van der Waals surface area contributed by atoms with E-state index in [4.69, 9.17) is 10.4 Å². The van der Waals surface area contributed by atoms with Crippen molar-refractivity contribution in [1.29, 1.82) is 0 Å². The predicted molar refractivity (Wildman–Crippen MR) is 189 cm³/mol. The van der Waals surface area contributed by atoms with Crippen LogP contribution in [0.15, 0.2) is 106 Å². The molecule has 0 fully saturated rings. The van der Waals surface area contributed by atoms with Crippen LogP contribution >= 0.6 is 23.1 Å². The first kappa shape index (κ1) is 32.4. The van der Waals surface area contributed by atoms with Crippen LogP contribution in [0.1, 0.15) is 75.6 Å². The lowest BCUT2D eigenvalue weighted by Gasteiger charge is -2.28. The van der Waals surface area contributed by atoms with Crippen molar-refractivity contribution in [1.82, 2.24) is 0 Å². The van der Waals surface area contributed by atoms with Gasteiger partial charge in [0.05, 0.1) is 10.7 Å². The van der Waals surface area contributed by atoms with Crippen molar-refractivity contribution in [2.24, 2.45) is 5.92 Å². The smallest absolute Gasteiger partial charge is 0.303 e. The van der Waals surface area contributed by atoms with Gasteiger partial charge in [-0.1, -0.05) is 66.1 Å². The Morgan fingerprint density at radius 2 is 1.78 bits per heavy atom. The van der Waals surface area contributed by atoms with E-state index in [1.165, 1.54) is 60.4 Å². The number of thiazole rings is 1. The minimum absolute atomic E-state index is 0.244. The summed E-state index contributed by atoms with van der Waals surface area (Å²) >= 11 is 3.70. The third-order valence-electron chi connectivity index (χ3n) is 9.12. The summed E-state index contributed by atoms with van der Waals surface area (Å²) in [4.78, 5) is 19.0. The summed E-state index contributed by atoms with van der Waals surface area (Å²) in [5, 5.41) is 20.4. The molecule has 46 heavy (non-hydrogen) atoms. The zero-order valence-electron chi connectivity index (χ0n) is 26.3. The number of unbranched alkanes of at least 4 members (excludes halogenated alkanes) is 3. The highest BCUT2D eigenvalue weighted by Gasteiger charge is 2.27. The number of hydrogen-bond donors (Lipinski definition) is 2. The fourth-order valence-electron chi connectivity index (χ4n) is 6.70. The zero-order valence-corrected chi connectivity index (χ0v) is 28.0. The molecule has 3 aliphatic rings. The average Bonchev–Trinajstić information content (AvgIpc) is 3.59. The number of thioether (sulfide) groups is 1. The number of para-hydroxylation sites is 2. The molecule has 2 N–H and O–H groups in total. The number of benzene rings is 2. The van der Waals surface area contributed by atoms with Gasteiger partial charge < -0.3 is 14.9 Å². The standard InChI is InChI=1S/C38H42N2O4S2/c1-27(44-43)11-8-10-22-40-33-13-5-7-15-35(33)46-37(40)26-29-18-20-30-19-17-28(23-31(30)24-29)25-36-39(21-9-2-3-16-38(41)42)32-12-4-6-14-34(32)45-36/h4-7,12-15,23-26,30H,1-3,8-11,16-22H2,(H-,41,42,43)/p+1. The molecular formula is C38H43N2O4S2+. The van der Waals surface area contributed by atoms with Crippen LogP contribution in [0.2, 0.25) is 0 Å². The van der Waals surface area contributed by atoms with E-state index < -0.39 is 5.97 Å². The van der Waals surface area contributed by atoms with Crippen LogP contribution in [0.5, 0.6) is 0 Å². The number of rotatable bonds is 14. The Hall–Kier alpha value is -3.59. The van der Waals surface area contributed by atoms with Crippen LogP contribution in [-0.4, -0.2) is 22.9 Å². The SMILES string of the molecule is C=C(CCCCN1C(=CC2=CC3=CC(=Cc4sc5ccccc5[n+]4CCCCCC(=O)O)CCC3CC2)Sc2ccccc21)OO. The van der Waals surface area contributed by atoms with Gasteiger partial charge in [-0.25, -0.2) is 5.26 Å². The Balaban J connectivity index is 1.21. The molecule has 2 heterocycles. The average molecular weight is 656 g/mol. The number of hydrogen-bond acceptors (Lipinski definition) is 6. The molecular weight excluding hydrogens is 613 g/mol. The normalized spacial score (nSPS) is 19.2. The monoisotopic (exact) mass is 655 g/mol. The maximum atomic E-state index is 10.9. The number of anilines is 1. The van der Waals surface area contributed by atoms with Crippen LogP contribution in [0, 0.1) is 5.92 Å². The van der Waals surface area contributed by atoms with Gasteiger partial charge in [-0.2, -0.15) is 4.57 Å². The molecule has 8 heteroatoms. The van der Waals surface area contributed by atoms with Crippen molar-refractivity contribution in [3.8, 4) is 0 Å². The van der Waals surface area contributed by atoms with Gasteiger partial charge in [-0.15, -0.1) is 0 Å². The molecule has 3 aromatic rings. The van der Waals surface area contributed by atoms with Crippen LogP contribution in [0.4, 0.5) is 5.69 Å². The topological polar surface area (TPSA) is 73.9 Å². The van der Waals surface area contributed by atoms with Gasteiger partial charge in [0.2, 0.25) is 5.52 Å². The fourth-order valence-corrected chi connectivity index (χ4v) is 9.03. The third kappa shape index (κ3) is 7.85. The van der Waals surface area contributed by atoms with Crippen molar-refractivity contribution < 1.29 is 24.6 Å². The lowest BCUT2D eigenvalue weighted by molar-refractivity contribution is -0.669. The summed E-state index contributed by atoms with van der Waals surface area (Å²) in [6.07, 6.45) is 19.7. The predicted octanol–water partition coefficient (Wildman–Crippen LogP) is 9.90. The number of fused-ring (bicyclic) bond motifs is 3. The minimum Gasteiger partial charge on any atom is -0.481 e. The van der Waals surface area contributed by atoms with E-state index in [0.29, 0.717) is 18.1 Å². The summed E-state index contributed by atoms with van der Waals surface area (Å²) in [6, 6.07) is 17.3. The van der Waals surface area contributed by atoms with Crippen LogP contribution in [0.3, 0.4) is 0 Å². The fraction of sp³-hybridized carbons (Fsp3) is 0.368. The number of carboxylic acid groups (broad SMARTS) is 1. The van der Waals surface area contributed by atoms with Gasteiger partial charge in [0.15, 0.2) is 6.54 Å². The summed E-state index contributed by atoms with van der Waals surface area (Å²) in [5.74, 6) is 0.323. The molecule has 1 unspecified atom stereocenters. The molecule has 0 amide bonds. The second-order valence-corrected chi connectivity index (χ2v) is 14.5. The van der Waals surface area contributed by atoms with Gasteiger partial charge in [-0.3, -0.25) is 4.79 Å². The second kappa shape index (κ2) is 15.3. The van der Waals surface area contributed by atoms with Crippen molar-refractivity contribution in [2.45, 2.75) is 82.1 Å². The van der Waals surface area contributed by atoms with E-state index in [1.54, 1.807) is 0 Å². The molecule has 0 bridgehead atoms. The molecule has 6 rings (SSSR count). The van der Waals surface area contributed by atoms with Gasteiger partial charge in [-0.05, 0) is 98.3 Å². The first-order chi connectivity index (χ1) is 22.5. The van der Waals surface area contributed by atoms with E-state index in [-0.39, 0.29) is 6.42 Å². The number of aliphatic carboxylic acids is 1. The van der Waals surface area contributed by atoms with Gasteiger partial charge >= 0.3 is 5.97 Å². The molecule has 0 saturated heterocycles. The van der Waals surface area contributed by atoms with Crippen molar-refractivity contribution >= 4 is 51.0 Å². The molecule has 0 radical (unpaired) electrons. The number of aryl methyl sites for hydroxylation is 1. The third-order valence-corrected chi connectivity index (χ3v) is 11.3. The Morgan fingerprint density at radius 3 is 2.65 bits per heavy atom. The first-order valence-corrected chi connectivity index (χ1v) is 18.1. The molecule has 6 nitrogen and oxygen atoms in total. The van der Waals surface area contributed by atoms with Crippen molar-refractivity contribution in [3.63, 3.8) is 0 Å². The number of nitrogens with zero attached hydrogens (tertiary/aromatic N) is 2. The number of aromatic nitrogens is 1. The molecule has 1 aliphatic heterocycles. The Labute approximate surface area is 280 Å².